The van der Waals surface area contributed by atoms with Gasteiger partial charge in [0.25, 0.3) is 5.95 Å². The third-order valence-electron chi connectivity index (χ3n) is 25.5. The molecule has 4 aliphatic carbocycles. The Balaban J connectivity index is 0.000000127. The first-order valence-electron chi connectivity index (χ1n) is 43.0. The summed E-state index contributed by atoms with van der Waals surface area (Å²) in [7, 11) is 5.58. The van der Waals surface area contributed by atoms with E-state index in [2.05, 4.69) is 0 Å². The number of hydrogen-bond acceptors (Lipinski definition) is 28. The average molecular weight is 1850 g/mol. The minimum Gasteiger partial charge on any atom is -0.507 e. The summed E-state index contributed by atoms with van der Waals surface area (Å²) in [6.07, 6.45) is 2.28. The molecular weight excluding hydrogens is 1770 g/mol. The highest BCUT2D eigenvalue weighted by atomic mass is 16.5. The van der Waals surface area contributed by atoms with Crippen molar-refractivity contribution < 1.29 is 116 Å². The molecule has 0 bridgehead atoms. The number of ketones is 8. The first-order valence-corrected chi connectivity index (χ1v) is 43.0. The molecule has 0 amide bonds. The first kappa shape index (κ1) is 92.3. The summed E-state index contributed by atoms with van der Waals surface area (Å²) in [4.78, 5) is 158. The third-order valence-corrected chi connectivity index (χ3v) is 25.5. The number of fused-ring (bicyclic) bond motifs is 12. The lowest BCUT2D eigenvalue weighted by atomic mass is 9.78. The number of Topliss-reactive ketones (excluding diaryl/α,β-unsaturated/α-hetero) is 6. The molecule has 0 aliphatic heterocycles. The Morgan fingerprint density at radius 1 is 0.246 bits per heavy atom. The van der Waals surface area contributed by atoms with Gasteiger partial charge in [-0.15, -0.1) is 0 Å². The van der Waals surface area contributed by atoms with Gasteiger partial charge in [0.15, 0.2) is 51.7 Å². The van der Waals surface area contributed by atoms with Crippen molar-refractivity contribution in [3.05, 3.63) is 320 Å². The summed E-state index contributed by atoms with van der Waals surface area (Å²) in [5.74, 6) is -4.36. The Hall–Kier alpha value is -17.6. The monoisotopic (exact) mass is 1850 g/mol. The number of carbonyl (C=O) groups excluding carboxylic acids is 8. The maximum atomic E-state index is 13.8. The quantitative estimate of drug-likeness (QED) is 0.0655. The van der Waals surface area contributed by atoms with Crippen LogP contribution in [0.3, 0.4) is 0 Å². The minimum absolute atomic E-state index is 0.0128. The van der Waals surface area contributed by atoms with E-state index in [1.54, 1.807) is 167 Å². The minimum atomic E-state index is -0.755. The zero-order chi connectivity index (χ0) is 99.6. The highest BCUT2D eigenvalue weighted by molar-refractivity contribution is 6.45. The van der Waals surface area contributed by atoms with E-state index in [9.17, 15) is 98.4 Å². The Morgan fingerprint density at radius 3 is 1.01 bits per heavy atom. The zero-order valence-corrected chi connectivity index (χ0v) is 77.4. The van der Waals surface area contributed by atoms with Gasteiger partial charge >= 0.3 is 16.9 Å². The van der Waals surface area contributed by atoms with Crippen LogP contribution in [0.25, 0.3) is 108 Å². The standard InChI is InChI=1S/2C28H22O7.2C27H20O7/c1-11-6-17-24(18(29)7-11)27(32)22(14(4)25(17)30)21-13(3)20-16(10-19(21)34-5)9-15-8-12(2)35-28(33)23(15)26(20)31;1-11-6-12(2)19-17(7-11)24(29)14(4)20(25(19)30)23-18(34-5)10-16-9-15-8-13(3)35-28(33)22(15)26(31)21(16)27(23)32;1-11-5-16-18(28)10-17(25(30)23(16)19(29)6-11)24-20(33-4)9-15-8-14-7-12(2)34-27(32)22(14)13(3)21(15)26(24)31;1-11-5-12(2)20-16(6-11)18(28)10-17(24(20)29)23-19(33-4)9-15-8-14-7-13(3)34-27(32)22(14)25(30)21(15)26(23)31/h6-10,29,31H,1-5H3;6-10,31-32H,1-5H3;5-10,29,32H,1-4H3;5-10,30-31H,1-4H3. The number of aromatic hydroxyl groups is 8. The van der Waals surface area contributed by atoms with E-state index in [0.717, 1.165) is 17.2 Å². The Kier molecular flexibility index (Phi) is 22.6. The normalized spacial score (nSPS) is 13.5. The van der Waals surface area contributed by atoms with Gasteiger partial charge in [0.1, 0.15) is 102 Å². The molecule has 0 saturated carbocycles. The van der Waals surface area contributed by atoms with E-state index in [0.29, 0.717) is 133 Å². The summed E-state index contributed by atoms with van der Waals surface area (Å²) >= 11 is 0. The van der Waals surface area contributed by atoms with Crippen LogP contribution in [-0.2, 0) is 0 Å². The number of hydrogen-bond donors (Lipinski definition) is 8. The molecule has 0 atom stereocenters. The van der Waals surface area contributed by atoms with Gasteiger partial charge in [0.05, 0.1) is 72.4 Å². The van der Waals surface area contributed by atoms with Crippen LogP contribution < -0.4 is 41.3 Å². The molecule has 0 fully saturated rings. The molecule has 20 rings (SSSR count). The van der Waals surface area contributed by atoms with Crippen molar-refractivity contribution in [1.29, 1.82) is 0 Å². The molecular formula is C110H84O28. The van der Waals surface area contributed by atoms with Gasteiger partial charge in [-0.25, -0.2) is 14.4 Å². The number of aryl methyl sites for hydroxylation is 12. The topological polar surface area (TPSA) is 456 Å². The summed E-state index contributed by atoms with van der Waals surface area (Å²) < 4.78 is 42.9. The maximum absolute atomic E-state index is 13.8. The van der Waals surface area contributed by atoms with Crippen molar-refractivity contribution in [3.8, 4) is 69.2 Å². The second-order valence-corrected chi connectivity index (χ2v) is 34.7. The smallest absolute Gasteiger partial charge is 0.347 e. The molecule has 4 aliphatic rings. The number of rotatable bonds is 8. The molecule has 28 nitrogen and oxygen atoms in total. The first-order chi connectivity index (χ1) is 65.3. The molecule has 4 aromatic heterocycles. The van der Waals surface area contributed by atoms with E-state index < -0.39 is 74.2 Å². The number of carbonyl (C=O) groups is 8. The number of benzene rings is 12. The zero-order valence-electron chi connectivity index (χ0n) is 77.4. The van der Waals surface area contributed by atoms with Crippen LogP contribution in [-0.4, -0.2) is 116 Å². The summed E-state index contributed by atoms with van der Waals surface area (Å²) in [6.45, 7) is 23.6. The molecule has 138 heavy (non-hydrogen) atoms. The van der Waals surface area contributed by atoms with Crippen molar-refractivity contribution in [2.75, 3.05) is 28.4 Å². The van der Waals surface area contributed by atoms with Gasteiger partial charge in [-0.3, -0.25) is 43.2 Å². The third kappa shape index (κ3) is 14.6. The molecule has 12 aromatic carbocycles. The number of phenolic OH excluding ortho intramolecular Hbond substituents is 7. The van der Waals surface area contributed by atoms with Crippen molar-refractivity contribution in [3.63, 3.8) is 0 Å². The second kappa shape index (κ2) is 33.9. The highest BCUT2D eigenvalue weighted by Gasteiger charge is 2.41. The Morgan fingerprint density at radius 2 is 0.558 bits per heavy atom. The fourth-order valence-electron chi connectivity index (χ4n) is 19.7. The predicted molar refractivity (Wildman–Crippen MR) is 518 cm³/mol. The lowest BCUT2D eigenvalue weighted by molar-refractivity contribution is 0.0989. The van der Waals surface area contributed by atoms with Gasteiger partial charge in [0, 0.05) is 83.2 Å². The van der Waals surface area contributed by atoms with Crippen LogP contribution >= 0.6 is 0 Å². The fraction of sp³-hybridized carbons (Fsp3) is 0.164. The Labute approximate surface area is 781 Å². The molecule has 28 heteroatoms. The van der Waals surface area contributed by atoms with Gasteiger partial charge < -0.3 is 77.5 Å². The lowest BCUT2D eigenvalue weighted by Crippen LogP contribution is -2.22. The van der Waals surface area contributed by atoms with Crippen molar-refractivity contribution in [2.45, 2.75) is 96.9 Å². The molecule has 0 spiro atoms. The molecule has 0 saturated heterocycles. The van der Waals surface area contributed by atoms with Gasteiger partial charge in [0.2, 0.25) is 0 Å². The number of phenols is 7. The van der Waals surface area contributed by atoms with Gasteiger partial charge in [-0.1, -0.05) is 23.3 Å². The highest BCUT2D eigenvalue weighted by Crippen LogP contribution is 2.53. The van der Waals surface area contributed by atoms with E-state index in [1.807, 2.05) is 26.0 Å². The fourth-order valence-corrected chi connectivity index (χ4v) is 19.7. The average Bonchev–Trinajstić information content (AvgIpc) is 0.724. The molecule has 0 radical (unpaired) electrons. The van der Waals surface area contributed by atoms with Crippen molar-refractivity contribution in [1.82, 2.24) is 0 Å². The largest absolute Gasteiger partial charge is 0.507 e. The number of methoxy groups -OCH3 is 4. The van der Waals surface area contributed by atoms with Gasteiger partial charge in [-0.05, 0) is 295 Å². The summed E-state index contributed by atoms with van der Waals surface area (Å²) in [5, 5.41) is 91.9. The molecule has 8 N–H and O–H groups in total. The molecule has 692 valence electrons. The van der Waals surface area contributed by atoms with E-state index in [1.165, 1.54) is 59.6 Å². The van der Waals surface area contributed by atoms with Crippen LogP contribution in [0.4, 0.5) is 0 Å². The second-order valence-electron chi connectivity index (χ2n) is 34.7. The lowest BCUT2D eigenvalue weighted by Gasteiger charge is -2.24. The SMILES string of the molecule is COc1cc2cc3cc(C)oc(=O)c3c(O)c2c(C)c1C1=C(C)C(=O)c2cc(C)cc(O)c2C1=O.COc1cc2cc3cc(C)oc(=O)c3c(O)c2c(O)c1C1=C(C)C(=O)c2cc(C)cc(C)c2C1=O.COc1cc2cc3cc(C)oc(=O)c3c(O)c2c(O)c1C1=CC(=O)c2cc(C)cc(C)c2C1=O.COc1cc2cc3cc(C)oc(O)c3c(C)c2c(=O)c1C1=CC(=O)c2cc(C)cc(O)c2C1=O. The summed E-state index contributed by atoms with van der Waals surface area (Å²) in [5.41, 5.74) is 4.01. The molecule has 4 heterocycles. The molecule has 16 aromatic rings. The van der Waals surface area contributed by atoms with Gasteiger partial charge in [-0.2, -0.15) is 0 Å². The Bertz CT molecular complexity index is 8630. The van der Waals surface area contributed by atoms with Crippen molar-refractivity contribution in [2.24, 2.45) is 0 Å². The maximum Gasteiger partial charge on any atom is 0.347 e. The van der Waals surface area contributed by atoms with E-state index >= 15 is 0 Å². The van der Waals surface area contributed by atoms with E-state index in [-0.39, 0.29) is 174 Å². The van der Waals surface area contributed by atoms with Crippen LogP contribution in [0.5, 0.6) is 69.2 Å². The van der Waals surface area contributed by atoms with Crippen molar-refractivity contribution >= 4 is 155 Å². The van der Waals surface area contributed by atoms with Crippen LogP contribution in [0.2, 0.25) is 0 Å². The molecule has 0 unspecified atom stereocenters. The number of allylic oxidation sites excluding steroid dienone is 8. The van der Waals surface area contributed by atoms with E-state index in [4.69, 9.17) is 36.6 Å². The van der Waals surface area contributed by atoms with Crippen LogP contribution in [0, 0.1) is 83.1 Å². The van der Waals surface area contributed by atoms with Crippen LogP contribution in [0.1, 0.15) is 187 Å². The number of ether oxygens (including phenoxy) is 4. The van der Waals surface area contributed by atoms with Crippen LogP contribution in [0.15, 0.2) is 181 Å². The summed E-state index contributed by atoms with van der Waals surface area (Å²) in [6, 6.07) is 32.6. The predicted octanol–water partition coefficient (Wildman–Crippen LogP) is 19.8.